The van der Waals surface area contributed by atoms with Crippen LogP contribution in [0.2, 0.25) is 0 Å². The Hall–Kier alpha value is -1.98. The van der Waals surface area contributed by atoms with Gasteiger partial charge in [0.1, 0.15) is 5.56 Å². The molecule has 0 amide bonds. The summed E-state index contributed by atoms with van der Waals surface area (Å²) in [6.45, 7) is 1.52. The molecule has 0 radical (unpaired) electrons. The molecule has 0 fully saturated rings. The predicted molar refractivity (Wildman–Crippen MR) is 51.3 cm³/mol. The molecular weight excluding hydrogens is 186 g/mol. The molecule has 6 nitrogen and oxygen atoms in total. The van der Waals surface area contributed by atoms with Gasteiger partial charge in [0.25, 0.3) is 5.56 Å². The topological polar surface area (TPSA) is 100 Å². The average molecular weight is 197 g/mol. The highest BCUT2D eigenvalue weighted by atomic mass is 16.5. The first-order chi connectivity index (χ1) is 6.49. The minimum absolute atomic E-state index is 0.0704. The Labute approximate surface area is 80.0 Å². The Morgan fingerprint density at radius 1 is 1.57 bits per heavy atom. The number of nitrogens with zero attached hydrogens (tertiary/aromatic N) is 1. The van der Waals surface area contributed by atoms with Gasteiger partial charge < -0.3 is 16.3 Å². The van der Waals surface area contributed by atoms with Gasteiger partial charge in [0.2, 0.25) is 0 Å². The third-order valence-corrected chi connectivity index (χ3v) is 1.92. The van der Waals surface area contributed by atoms with Gasteiger partial charge in [-0.05, 0) is 6.92 Å². The summed E-state index contributed by atoms with van der Waals surface area (Å²) in [5.41, 5.74) is 5.50. The van der Waals surface area contributed by atoms with Gasteiger partial charge in [-0.3, -0.25) is 4.79 Å². The first-order valence-electron chi connectivity index (χ1n) is 3.84. The number of ether oxygens (including phenoxy) is 1. The van der Waals surface area contributed by atoms with Crippen molar-refractivity contribution >= 4 is 11.7 Å². The number of nitrogen functional groups attached to an aromatic ring is 2. The fourth-order valence-electron chi connectivity index (χ4n) is 1.14. The molecule has 0 unspecified atom stereocenters. The summed E-state index contributed by atoms with van der Waals surface area (Å²) >= 11 is 0. The maximum atomic E-state index is 11.2. The molecular formula is C8H11N3O3. The Morgan fingerprint density at radius 2 is 2.14 bits per heavy atom. The van der Waals surface area contributed by atoms with Crippen LogP contribution in [0, 0.1) is 6.92 Å². The minimum Gasteiger partial charge on any atom is -0.465 e. The number of rotatable bonds is 1. The smallest absolute Gasteiger partial charge is 0.341 e. The quantitative estimate of drug-likeness (QED) is 0.455. The normalized spacial score (nSPS) is 9.86. The van der Waals surface area contributed by atoms with E-state index >= 15 is 0 Å². The number of anilines is 1. The summed E-state index contributed by atoms with van der Waals surface area (Å²) in [6.07, 6.45) is 0. The molecule has 0 saturated heterocycles. The molecule has 0 aliphatic heterocycles. The van der Waals surface area contributed by atoms with Crippen molar-refractivity contribution in [2.45, 2.75) is 6.92 Å². The lowest BCUT2D eigenvalue weighted by atomic mass is 10.1. The van der Waals surface area contributed by atoms with Crippen LogP contribution in [-0.2, 0) is 4.74 Å². The lowest BCUT2D eigenvalue weighted by Crippen LogP contribution is -2.31. The van der Waals surface area contributed by atoms with Crippen molar-refractivity contribution in [2.75, 3.05) is 18.7 Å². The van der Waals surface area contributed by atoms with Crippen LogP contribution >= 0.6 is 0 Å². The van der Waals surface area contributed by atoms with Crippen LogP contribution < -0.4 is 17.1 Å². The van der Waals surface area contributed by atoms with Gasteiger partial charge >= 0.3 is 5.97 Å². The highest BCUT2D eigenvalue weighted by molar-refractivity contribution is 5.96. The third-order valence-electron chi connectivity index (χ3n) is 1.92. The number of methoxy groups -OCH3 is 1. The number of aromatic nitrogens is 1. The lowest BCUT2D eigenvalue weighted by Gasteiger charge is -2.10. The molecule has 1 heterocycles. The average Bonchev–Trinajstić information content (AvgIpc) is 2.14. The summed E-state index contributed by atoms with van der Waals surface area (Å²) in [6, 6.07) is 1.08. The largest absolute Gasteiger partial charge is 0.465 e. The lowest BCUT2D eigenvalue weighted by molar-refractivity contribution is 0.0600. The Balaban J connectivity index is 3.52. The van der Waals surface area contributed by atoms with Crippen LogP contribution in [0.15, 0.2) is 10.9 Å². The van der Waals surface area contributed by atoms with E-state index in [4.69, 9.17) is 11.6 Å². The van der Waals surface area contributed by atoms with Crippen molar-refractivity contribution in [3.63, 3.8) is 0 Å². The van der Waals surface area contributed by atoms with Crippen LogP contribution in [-0.4, -0.2) is 17.8 Å². The Kier molecular flexibility index (Phi) is 2.46. The number of nitrogens with two attached hydrogens (primary N) is 2. The number of hydrogen-bond acceptors (Lipinski definition) is 5. The zero-order chi connectivity index (χ0) is 10.9. The van der Waals surface area contributed by atoms with E-state index in [9.17, 15) is 9.59 Å². The summed E-state index contributed by atoms with van der Waals surface area (Å²) in [4.78, 5) is 22.4. The Bertz CT molecular complexity index is 436. The first-order valence-corrected chi connectivity index (χ1v) is 3.84. The maximum Gasteiger partial charge on any atom is 0.341 e. The first kappa shape index (κ1) is 10.1. The molecule has 0 atom stereocenters. The zero-order valence-electron chi connectivity index (χ0n) is 7.90. The summed E-state index contributed by atoms with van der Waals surface area (Å²) in [5, 5.41) is 0. The SMILES string of the molecule is COC(=O)c1c(N)cc(=O)n(N)c1C. The number of esters is 1. The molecule has 1 aromatic heterocycles. The Morgan fingerprint density at radius 3 is 2.64 bits per heavy atom. The summed E-state index contributed by atoms with van der Waals surface area (Å²) < 4.78 is 5.35. The predicted octanol–water partition coefficient (Wildman–Crippen LogP) is -0.761. The van der Waals surface area contributed by atoms with E-state index in [1.807, 2.05) is 0 Å². The van der Waals surface area contributed by atoms with E-state index in [1.54, 1.807) is 0 Å². The van der Waals surface area contributed by atoms with Crippen LogP contribution in [0.25, 0.3) is 0 Å². The third kappa shape index (κ3) is 1.41. The molecule has 4 N–H and O–H groups in total. The molecule has 1 aromatic rings. The number of carbonyl (C=O) groups is 1. The number of hydrogen-bond donors (Lipinski definition) is 2. The molecule has 1 rings (SSSR count). The molecule has 0 aliphatic carbocycles. The van der Waals surface area contributed by atoms with E-state index < -0.39 is 11.5 Å². The molecule has 6 heteroatoms. The second kappa shape index (κ2) is 3.41. The van der Waals surface area contributed by atoms with Gasteiger partial charge in [0.15, 0.2) is 0 Å². The number of pyridine rings is 1. The zero-order valence-corrected chi connectivity index (χ0v) is 7.90. The summed E-state index contributed by atoms with van der Waals surface area (Å²) in [5.74, 6) is 4.77. The molecule has 14 heavy (non-hydrogen) atoms. The molecule has 0 aliphatic rings. The standard InChI is InChI=1S/C8H11N3O3/c1-4-7(8(13)14-2)5(9)3-6(12)11(4)10/h3H,9-10H2,1-2H3. The maximum absolute atomic E-state index is 11.2. The van der Waals surface area contributed by atoms with Gasteiger partial charge in [-0.15, -0.1) is 0 Å². The van der Waals surface area contributed by atoms with Crippen molar-refractivity contribution in [1.29, 1.82) is 0 Å². The van der Waals surface area contributed by atoms with E-state index in [1.165, 1.54) is 14.0 Å². The highest BCUT2D eigenvalue weighted by Crippen LogP contribution is 2.13. The highest BCUT2D eigenvalue weighted by Gasteiger charge is 2.16. The van der Waals surface area contributed by atoms with Gasteiger partial charge in [-0.2, -0.15) is 0 Å². The van der Waals surface area contributed by atoms with Gasteiger partial charge in [0.05, 0.1) is 18.5 Å². The van der Waals surface area contributed by atoms with Gasteiger partial charge in [-0.1, -0.05) is 0 Å². The van der Waals surface area contributed by atoms with Gasteiger partial charge in [-0.25, -0.2) is 9.47 Å². The van der Waals surface area contributed by atoms with Crippen LogP contribution in [0.3, 0.4) is 0 Å². The summed E-state index contributed by atoms with van der Waals surface area (Å²) in [7, 11) is 1.23. The minimum atomic E-state index is -0.612. The van der Waals surface area contributed by atoms with E-state index in [0.717, 1.165) is 10.7 Å². The van der Waals surface area contributed by atoms with Gasteiger partial charge in [0, 0.05) is 6.07 Å². The molecule has 0 aromatic carbocycles. The van der Waals surface area contributed by atoms with E-state index in [0.29, 0.717) is 0 Å². The second-order valence-corrected chi connectivity index (χ2v) is 2.76. The van der Waals surface area contributed by atoms with Crippen molar-refractivity contribution < 1.29 is 9.53 Å². The van der Waals surface area contributed by atoms with E-state index in [2.05, 4.69) is 4.74 Å². The van der Waals surface area contributed by atoms with Crippen molar-refractivity contribution in [3.05, 3.63) is 27.7 Å². The van der Waals surface area contributed by atoms with Crippen LogP contribution in [0.5, 0.6) is 0 Å². The number of carbonyl (C=O) groups excluding carboxylic acids is 1. The fraction of sp³-hybridized carbons (Fsp3) is 0.250. The molecule has 0 spiro atoms. The van der Waals surface area contributed by atoms with Crippen LogP contribution in [0.4, 0.5) is 5.69 Å². The second-order valence-electron chi connectivity index (χ2n) is 2.76. The van der Waals surface area contributed by atoms with E-state index in [-0.39, 0.29) is 16.9 Å². The molecule has 0 saturated carbocycles. The van der Waals surface area contributed by atoms with Crippen molar-refractivity contribution in [1.82, 2.24) is 4.68 Å². The molecule has 0 bridgehead atoms. The molecule has 76 valence electrons. The van der Waals surface area contributed by atoms with Crippen LogP contribution in [0.1, 0.15) is 16.1 Å². The monoisotopic (exact) mass is 197 g/mol. The van der Waals surface area contributed by atoms with Crippen molar-refractivity contribution in [3.8, 4) is 0 Å². The fourth-order valence-corrected chi connectivity index (χ4v) is 1.14. The van der Waals surface area contributed by atoms with Crippen molar-refractivity contribution in [2.24, 2.45) is 0 Å².